The molecule has 5 heteroatoms. The predicted molar refractivity (Wildman–Crippen MR) is 251 cm³/mol. The molecule has 2 bridgehead atoms. The molecule has 3 aromatic heterocycles. The number of nitrogens with zero attached hydrogens (tertiary/aromatic N) is 2. The zero-order valence-electron chi connectivity index (χ0n) is 35.3. The predicted octanol–water partition coefficient (Wildman–Crippen LogP) is 13.7. The van der Waals surface area contributed by atoms with Gasteiger partial charge in [-0.2, -0.15) is 0 Å². The Bertz CT molecular complexity index is 3480. The summed E-state index contributed by atoms with van der Waals surface area (Å²) in [6.45, 7) is 19.5. The molecule has 14 rings (SSSR count). The van der Waals surface area contributed by atoms with Crippen LogP contribution >= 0.6 is 11.3 Å². The highest BCUT2D eigenvalue weighted by Gasteiger charge is 2.50. The van der Waals surface area contributed by atoms with Crippen LogP contribution in [0.3, 0.4) is 0 Å². The number of benzene rings is 6. The van der Waals surface area contributed by atoms with E-state index in [4.69, 9.17) is 4.42 Å². The third-order valence-corrected chi connectivity index (χ3v) is 17.6. The summed E-state index contributed by atoms with van der Waals surface area (Å²) >= 11 is 2.00. The molecule has 59 heavy (non-hydrogen) atoms. The van der Waals surface area contributed by atoms with Crippen LogP contribution in [-0.2, 0) is 21.7 Å². The maximum absolute atomic E-state index is 7.59. The number of thiophene rings is 1. The second-order valence-electron chi connectivity index (χ2n) is 21.1. The Kier molecular flexibility index (Phi) is 5.79. The van der Waals surface area contributed by atoms with E-state index in [2.05, 4.69) is 156 Å². The van der Waals surface area contributed by atoms with Gasteiger partial charge in [-0.15, -0.1) is 11.3 Å². The van der Waals surface area contributed by atoms with Gasteiger partial charge in [-0.25, -0.2) is 0 Å². The Morgan fingerprint density at radius 3 is 2.14 bits per heavy atom. The molecule has 9 aromatic rings. The van der Waals surface area contributed by atoms with Crippen molar-refractivity contribution in [2.75, 3.05) is 4.90 Å². The molecule has 1 unspecified atom stereocenters. The molecule has 6 heterocycles. The summed E-state index contributed by atoms with van der Waals surface area (Å²) in [5, 5.41) is 6.66. The summed E-state index contributed by atoms with van der Waals surface area (Å²) in [7, 11) is 0. The lowest BCUT2D eigenvalue weighted by Gasteiger charge is -2.45. The van der Waals surface area contributed by atoms with Crippen molar-refractivity contribution in [1.29, 1.82) is 0 Å². The zero-order chi connectivity index (χ0) is 39.9. The molecular formula is C54H47BN2OS. The van der Waals surface area contributed by atoms with Crippen LogP contribution in [0, 0.1) is 6.92 Å². The van der Waals surface area contributed by atoms with Crippen molar-refractivity contribution < 1.29 is 4.42 Å². The van der Waals surface area contributed by atoms with E-state index in [1.54, 1.807) is 0 Å². The van der Waals surface area contributed by atoms with E-state index < -0.39 is 0 Å². The zero-order valence-corrected chi connectivity index (χ0v) is 36.1. The van der Waals surface area contributed by atoms with E-state index in [0.29, 0.717) is 0 Å². The number of rotatable bonds is 1. The Morgan fingerprint density at radius 2 is 1.32 bits per heavy atom. The van der Waals surface area contributed by atoms with Gasteiger partial charge in [-0.1, -0.05) is 109 Å². The van der Waals surface area contributed by atoms with Gasteiger partial charge in [0.05, 0.1) is 15.9 Å². The standard InChI is InChI=1S/C54H47BN2OS/c1-28-23-35-36(52(4,5)20-19-51(35,2)3)26-39(28)56-40-24-29-13-9-10-14-30(29)43-31-15-11-16-32-47(31)57-48-44-34(17-12-18-42(44)59-49(32)48)54(8)22-21-53(6,7)37-27-41-33(25-38(37)54)45(50(56)58-41)55(57)46(40)43/h9-18,23-27H,19-22H2,1-8H3. The number of furan rings is 1. The van der Waals surface area contributed by atoms with Gasteiger partial charge in [0, 0.05) is 48.5 Å². The molecule has 3 nitrogen and oxygen atoms in total. The number of aromatic nitrogens is 1. The van der Waals surface area contributed by atoms with Crippen molar-refractivity contribution in [3.63, 3.8) is 0 Å². The third kappa shape index (κ3) is 3.77. The Labute approximate surface area is 349 Å². The van der Waals surface area contributed by atoms with Crippen molar-refractivity contribution in [2.24, 2.45) is 0 Å². The van der Waals surface area contributed by atoms with Crippen LogP contribution in [0.5, 0.6) is 0 Å². The topological polar surface area (TPSA) is 21.3 Å². The maximum atomic E-state index is 7.59. The van der Waals surface area contributed by atoms with Crippen molar-refractivity contribution in [3.05, 3.63) is 124 Å². The van der Waals surface area contributed by atoms with Crippen LogP contribution < -0.4 is 15.8 Å². The van der Waals surface area contributed by atoms with Gasteiger partial charge in [0.2, 0.25) is 5.88 Å². The Hall–Kier alpha value is -5.26. The molecule has 6 aromatic carbocycles. The first-order chi connectivity index (χ1) is 28.3. The van der Waals surface area contributed by atoms with Crippen LogP contribution in [0.15, 0.2) is 95.4 Å². The van der Waals surface area contributed by atoms with E-state index in [9.17, 15) is 0 Å². The van der Waals surface area contributed by atoms with Crippen molar-refractivity contribution in [2.45, 2.75) is 103 Å². The molecule has 1 atom stereocenters. The van der Waals surface area contributed by atoms with Gasteiger partial charge < -0.3 is 8.90 Å². The first kappa shape index (κ1) is 33.6. The number of aryl methyl sites for hydroxylation is 1. The minimum Gasteiger partial charge on any atom is -0.440 e. The molecule has 5 aliphatic rings. The molecule has 0 amide bonds. The van der Waals surface area contributed by atoms with E-state index >= 15 is 0 Å². The van der Waals surface area contributed by atoms with Crippen LogP contribution in [-0.4, -0.2) is 11.3 Å². The quantitative estimate of drug-likeness (QED) is 0.155. The highest BCUT2D eigenvalue weighted by atomic mass is 32.1. The number of hydrogen-bond acceptors (Lipinski definition) is 3. The van der Waals surface area contributed by atoms with Crippen LogP contribution in [0.1, 0.15) is 108 Å². The molecule has 0 N–H and O–H groups in total. The maximum Gasteiger partial charge on any atom is 0.337 e. The number of fused-ring (bicyclic) bond motifs is 6. The minimum atomic E-state index is -0.154. The summed E-state index contributed by atoms with van der Waals surface area (Å²) in [5.41, 5.74) is 20.4. The van der Waals surface area contributed by atoms with Gasteiger partial charge in [0.15, 0.2) is 0 Å². The lowest BCUT2D eigenvalue weighted by Crippen LogP contribution is -2.56. The molecule has 0 spiro atoms. The van der Waals surface area contributed by atoms with Gasteiger partial charge in [0.1, 0.15) is 5.58 Å². The molecule has 0 saturated heterocycles. The fourth-order valence-electron chi connectivity index (χ4n) is 13.1. The first-order valence-electron chi connectivity index (χ1n) is 21.9. The van der Waals surface area contributed by atoms with E-state index in [-0.39, 0.29) is 28.5 Å². The third-order valence-electron chi connectivity index (χ3n) is 16.5. The summed E-state index contributed by atoms with van der Waals surface area (Å²) in [6.07, 6.45) is 4.60. The fourth-order valence-corrected chi connectivity index (χ4v) is 14.3. The molecule has 3 aliphatic heterocycles. The van der Waals surface area contributed by atoms with E-state index in [1.807, 2.05) is 11.3 Å². The van der Waals surface area contributed by atoms with Crippen LogP contribution in [0.2, 0.25) is 0 Å². The second kappa shape index (κ2) is 10.2. The van der Waals surface area contributed by atoms with Crippen molar-refractivity contribution in [3.8, 4) is 11.1 Å². The van der Waals surface area contributed by atoms with Crippen molar-refractivity contribution >= 4 is 99.3 Å². The average Bonchev–Trinajstić information content (AvgIpc) is 3.88. The first-order valence-corrected chi connectivity index (χ1v) is 22.7. The highest BCUT2D eigenvalue weighted by molar-refractivity contribution is 7.27. The average molecular weight is 783 g/mol. The second-order valence-corrected chi connectivity index (χ2v) is 22.1. The van der Waals surface area contributed by atoms with Gasteiger partial charge in [-0.05, 0) is 134 Å². The van der Waals surface area contributed by atoms with Crippen LogP contribution in [0.25, 0.3) is 64.1 Å². The largest absolute Gasteiger partial charge is 0.440 e. The summed E-state index contributed by atoms with van der Waals surface area (Å²) in [6, 6.07) is 36.1. The van der Waals surface area contributed by atoms with E-state index in [0.717, 1.165) is 24.3 Å². The van der Waals surface area contributed by atoms with E-state index in [1.165, 1.54) is 127 Å². The smallest absolute Gasteiger partial charge is 0.337 e. The summed E-state index contributed by atoms with van der Waals surface area (Å²) in [5.74, 6) is 0.978. The SMILES string of the molecule is Cc1cc2c(cc1N1c3cc4ccccc4c4c3B3c5c1oc1cc6c(cc51)C(C)(CCC6(C)C)c1cccc5sc6c7cccc-4c7n3c6c15)C(C)(C)CCC2(C)C. The Balaban J connectivity index is 1.23. The van der Waals surface area contributed by atoms with Crippen LogP contribution in [0.4, 0.5) is 17.3 Å². The molecule has 0 saturated carbocycles. The molecule has 288 valence electrons. The van der Waals surface area contributed by atoms with Gasteiger partial charge >= 0.3 is 6.85 Å². The Morgan fingerprint density at radius 1 is 0.610 bits per heavy atom. The van der Waals surface area contributed by atoms with Gasteiger partial charge in [0.25, 0.3) is 0 Å². The number of para-hydroxylation sites is 1. The molecule has 0 fully saturated rings. The van der Waals surface area contributed by atoms with Gasteiger partial charge in [-0.3, -0.25) is 4.90 Å². The summed E-state index contributed by atoms with van der Waals surface area (Å²) < 4.78 is 13.2. The normalized spacial score (nSPS) is 21.0. The van der Waals surface area contributed by atoms with Crippen molar-refractivity contribution in [1.82, 2.24) is 4.48 Å². The lowest BCUT2D eigenvalue weighted by molar-refractivity contribution is 0.332. The highest BCUT2D eigenvalue weighted by Crippen LogP contribution is 2.58. The summed E-state index contributed by atoms with van der Waals surface area (Å²) in [4.78, 5) is 2.57. The lowest BCUT2D eigenvalue weighted by atomic mass is 9.44. The monoisotopic (exact) mass is 782 g/mol. The minimum absolute atomic E-state index is 0.0218. The molecular weight excluding hydrogens is 735 g/mol. The molecule has 0 radical (unpaired) electrons. The number of hydrogen-bond donors (Lipinski definition) is 0. The molecule has 2 aliphatic carbocycles. The number of anilines is 3. The fraction of sp³-hybridized carbons (Fsp3) is 0.296.